The van der Waals surface area contributed by atoms with Crippen LogP contribution < -0.4 is 5.32 Å². The highest BCUT2D eigenvalue weighted by Gasteiger charge is 2.27. The number of benzene rings is 1. The van der Waals surface area contributed by atoms with Crippen LogP contribution in [0.3, 0.4) is 0 Å². The molecule has 3 aromatic rings. The van der Waals surface area contributed by atoms with Gasteiger partial charge in [0.1, 0.15) is 6.04 Å². The Balaban J connectivity index is 1.84. The molecule has 32 heavy (non-hydrogen) atoms. The third-order valence-corrected chi connectivity index (χ3v) is 7.07. The smallest absolute Gasteiger partial charge is 0.251 e. The van der Waals surface area contributed by atoms with Gasteiger partial charge in [-0.25, -0.2) is 8.42 Å². The van der Waals surface area contributed by atoms with Crippen molar-refractivity contribution in [1.82, 2.24) is 24.7 Å². The lowest BCUT2D eigenvalue weighted by molar-refractivity contribution is 0.0913. The van der Waals surface area contributed by atoms with Crippen LogP contribution >= 0.6 is 0 Å². The SMILES string of the molecule is CCN(CC)S(=O)(=O)c1cccc(C(=O)NC(c2nc(-c3cccnc3)no2)C(C)C)c1. The molecule has 0 aliphatic rings. The van der Waals surface area contributed by atoms with Crippen molar-refractivity contribution in [2.45, 2.75) is 38.6 Å². The van der Waals surface area contributed by atoms with Gasteiger partial charge < -0.3 is 9.84 Å². The van der Waals surface area contributed by atoms with Gasteiger partial charge in [0.05, 0.1) is 4.90 Å². The number of sulfonamides is 1. The molecule has 1 aromatic carbocycles. The molecule has 0 saturated carbocycles. The number of rotatable bonds is 9. The lowest BCUT2D eigenvalue weighted by Crippen LogP contribution is -2.33. The largest absolute Gasteiger partial charge is 0.340 e. The molecule has 2 aromatic heterocycles. The van der Waals surface area contributed by atoms with E-state index in [9.17, 15) is 13.2 Å². The Morgan fingerprint density at radius 1 is 1.16 bits per heavy atom. The average Bonchev–Trinajstić information content (AvgIpc) is 3.28. The average molecular weight is 458 g/mol. The number of carbonyl (C=O) groups excluding carboxylic acids is 1. The number of hydrogen-bond acceptors (Lipinski definition) is 7. The van der Waals surface area contributed by atoms with Gasteiger partial charge in [-0.3, -0.25) is 9.78 Å². The van der Waals surface area contributed by atoms with Crippen LogP contribution in [0.15, 0.2) is 58.2 Å². The van der Waals surface area contributed by atoms with E-state index >= 15 is 0 Å². The summed E-state index contributed by atoms with van der Waals surface area (Å²) in [6.07, 6.45) is 3.27. The summed E-state index contributed by atoms with van der Waals surface area (Å²) in [5.74, 6) is 0.157. The fourth-order valence-electron chi connectivity index (χ4n) is 3.22. The zero-order valence-corrected chi connectivity index (χ0v) is 19.3. The van der Waals surface area contributed by atoms with Gasteiger partial charge >= 0.3 is 0 Å². The maximum absolute atomic E-state index is 13.0. The van der Waals surface area contributed by atoms with E-state index in [1.807, 2.05) is 19.9 Å². The number of aromatic nitrogens is 3. The van der Waals surface area contributed by atoms with Crippen LogP contribution in [-0.2, 0) is 10.0 Å². The lowest BCUT2D eigenvalue weighted by atomic mass is 10.0. The third-order valence-electron chi connectivity index (χ3n) is 5.02. The number of amides is 1. The maximum Gasteiger partial charge on any atom is 0.251 e. The standard InChI is InChI=1S/C22H27N5O4S/c1-5-27(6-2)32(29,30)18-11-7-9-16(13-18)21(28)24-19(15(3)4)22-25-20(26-31-22)17-10-8-12-23-14-17/h7-15,19H,5-6H2,1-4H3,(H,24,28). The van der Waals surface area contributed by atoms with Crippen molar-refractivity contribution < 1.29 is 17.7 Å². The molecule has 0 aliphatic heterocycles. The van der Waals surface area contributed by atoms with Gasteiger partial charge in [0.25, 0.3) is 5.91 Å². The molecule has 170 valence electrons. The first-order valence-electron chi connectivity index (χ1n) is 10.4. The van der Waals surface area contributed by atoms with E-state index in [1.54, 1.807) is 44.4 Å². The summed E-state index contributed by atoms with van der Waals surface area (Å²) in [4.78, 5) is 21.5. The molecule has 1 unspecified atom stereocenters. The van der Waals surface area contributed by atoms with Crippen LogP contribution in [0.5, 0.6) is 0 Å². The van der Waals surface area contributed by atoms with Crippen LogP contribution in [0.25, 0.3) is 11.4 Å². The molecule has 3 rings (SSSR count). The van der Waals surface area contributed by atoms with E-state index in [2.05, 4.69) is 20.4 Å². The summed E-state index contributed by atoms with van der Waals surface area (Å²) >= 11 is 0. The van der Waals surface area contributed by atoms with Gasteiger partial charge in [-0.15, -0.1) is 0 Å². The van der Waals surface area contributed by atoms with Crippen LogP contribution in [0.2, 0.25) is 0 Å². The summed E-state index contributed by atoms with van der Waals surface area (Å²) in [5, 5.41) is 6.88. The molecular formula is C22H27N5O4S. The fourth-order valence-corrected chi connectivity index (χ4v) is 4.73. The van der Waals surface area contributed by atoms with E-state index in [1.165, 1.54) is 16.4 Å². The van der Waals surface area contributed by atoms with Crippen LogP contribution in [0.4, 0.5) is 0 Å². The minimum atomic E-state index is -3.67. The molecule has 0 spiro atoms. The van der Waals surface area contributed by atoms with Crippen molar-refractivity contribution in [1.29, 1.82) is 0 Å². The Labute approximate surface area is 187 Å². The lowest BCUT2D eigenvalue weighted by Gasteiger charge is -2.20. The Morgan fingerprint density at radius 2 is 1.91 bits per heavy atom. The van der Waals surface area contributed by atoms with E-state index < -0.39 is 22.0 Å². The third kappa shape index (κ3) is 5.03. The second-order valence-electron chi connectivity index (χ2n) is 7.51. The molecule has 0 radical (unpaired) electrons. The summed E-state index contributed by atoms with van der Waals surface area (Å²) in [7, 11) is -3.67. The number of pyridine rings is 1. The minimum absolute atomic E-state index is 0.0521. The molecule has 0 saturated heterocycles. The molecule has 1 atom stereocenters. The highest BCUT2D eigenvalue weighted by atomic mass is 32.2. The Kier molecular flexibility index (Phi) is 7.37. The predicted molar refractivity (Wildman–Crippen MR) is 119 cm³/mol. The number of hydrogen-bond donors (Lipinski definition) is 1. The highest BCUT2D eigenvalue weighted by Crippen LogP contribution is 2.24. The van der Waals surface area contributed by atoms with Gasteiger partial charge in [0.15, 0.2) is 0 Å². The first-order chi connectivity index (χ1) is 15.3. The van der Waals surface area contributed by atoms with Crippen molar-refractivity contribution in [3.8, 4) is 11.4 Å². The van der Waals surface area contributed by atoms with Crippen molar-refractivity contribution >= 4 is 15.9 Å². The molecule has 0 aliphatic carbocycles. The summed E-state index contributed by atoms with van der Waals surface area (Å²) in [5.41, 5.74) is 0.932. The molecule has 0 fully saturated rings. The predicted octanol–water partition coefficient (Wildman–Crippen LogP) is 3.29. The van der Waals surface area contributed by atoms with Crippen molar-refractivity contribution in [3.05, 3.63) is 60.2 Å². The molecular weight excluding hydrogens is 430 g/mol. The van der Waals surface area contributed by atoms with E-state index in [0.29, 0.717) is 24.5 Å². The van der Waals surface area contributed by atoms with E-state index in [0.717, 1.165) is 0 Å². The van der Waals surface area contributed by atoms with Crippen LogP contribution in [0, 0.1) is 5.92 Å². The maximum atomic E-state index is 13.0. The van der Waals surface area contributed by atoms with Crippen molar-refractivity contribution in [2.24, 2.45) is 5.92 Å². The Hall–Kier alpha value is -3.11. The minimum Gasteiger partial charge on any atom is -0.340 e. The summed E-state index contributed by atoms with van der Waals surface area (Å²) < 4.78 is 32.4. The first kappa shape index (κ1) is 23.6. The molecule has 1 N–H and O–H groups in total. The zero-order valence-electron chi connectivity index (χ0n) is 18.5. The quantitative estimate of drug-likeness (QED) is 0.524. The van der Waals surface area contributed by atoms with Crippen LogP contribution in [-0.4, -0.2) is 46.8 Å². The summed E-state index contributed by atoms with van der Waals surface area (Å²) in [6.45, 7) is 8.08. The second-order valence-corrected chi connectivity index (χ2v) is 9.45. The van der Waals surface area contributed by atoms with Crippen molar-refractivity contribution in [3.63, 3.8) is 0 Å². The molecule has 10 heteroatoms. The number of nitrogens with zero attached hydrogens (tertiary/aromatic N) is 4. The Morgan fingerprint density at radius 3 is 2.53 bits per heavy atom. The van der Waals surface area contributed by atoms with Gasteiger partial charge in [-0.05, 0) is 36.2 Å². The molecule has 0 bridgehead atoms. The first-order valence-corrected chi connectivity index (χ1v) is 11.9. The zero-order chi connectivity index (χ0) is 23.3. The van der Waals surface area contributed by atoms with Gasteiger partial charge in [-0.2, -0.15) is 9.29 Å². The van der Waals surface area contributed by atoms with E-state index in [-0.39, 0.29) is 22.3 Å². The normalized spacial score (nSPS) is 12.8. The highest BCUT2D eigenvalue weighted by molar-refractivity contribution is 7.89. The fraction of sp³-hybridized carbons (Fsp3) is 0.364. The van der Waals surface area contributed by atoms with Crippen molar-refractivity contribution in [2.75, 3.05) is 13.1 Å². The van der Waals surface area contributed by atoms with Gasteiger partial charge in [-0.1, -0.05) is 38.9 Å². The monoisotopic (exact) mass is 457 g/mol. The van der Waals surface area contributed by atoms with Crippen LogP contribution in [0.1, 0.15) is 50.0 Å². The van der Waals surface area contributed by atoms with E-state index in [4.69, 9.17) is 4.52 Å². The van der Waals surface area contributed by atoms with Gasteiger partial charge in [0, 0.05) is 36.6 Å². The molecule has 2 heterocycles. The molecule has 9 nitrogen and oxygen atoms in total. The second kappa shape index (κ2) is 10.0. The summed E-state index contributed by atoms with van der Waals surface area (Å²) in [6, 6.07) is 9.03. The number of carbonyl (C=O) groups is 1. The molecule has 1 amide bonds. The topological polar surface area (TPSA) is 118 Å². The van der Waals surface area contributed by atoms with Gasteiger partial charge in [0.2, 0.25) is 21.7 Å². The number of nitrogens with one attached hydrogen (secondary N) is 1. The Bertz CT molecular complexity index is 1160.